The molecular weight excluding hydrogens is 424 g/mol. The fraction of sp³-hybridized carbons (Fsp3) is 0.208. The van der Waals surface area contributed by atoms with E-state index in [1.807, 2.05) is 60.9 Å². The van der Waals surface area contributed by atoms with Gasteiger partial charge in [-0.1, -0.05) is 32.9 Å². The molecule has 3 aromatic heterocycles. The molecule has 4 rings (SSSR count). The highest BCUT2D eigenvalue weighted by Gasteiger charge is 2.17. The summed E-state index contributed by atoms with van der Waals surface area (Å²) in [5.41, 5.74) is 3.90. The smallest absolute Gasteiger partial charge is 0.139 e. The number of rotatable bonds is 5. The lowest BCUT2D eigenvalue weighted by atomic mass is 9.87. The zero-order valence-electron chi connectivity index (χ0n) is 18.1. The highest BCUT2D eigenvalue weighted by Crippen LogP contribution is 2.30. The molecule has 0 aliphatic carbocycles. The molecule has 0 fully saturated rings. The van der Waals surface area contributed by atoms with Gasteiger partial charge in [0.05, 0.1) is 20.9 Å². The lowest BCUT2D eigenvalue weighted by Crippen LogP contribution is -2.16. The predicted molar refractivity (Wildman–Crippen MR) is 132 cm³/mol. The summed E-state index contributed by atoms with van der Waals surface area (Å²) >= 11 is 1.64. The maximum atomic E-state index is 13.5. The van der Waals surface area contributed by atoms with Gasteiger partial charge >= 0.3 is 0 Å². The fourth-order valence-corrected chi connectivity index (χ4v) is 5.10. The van der Waals surface area contributed by atoms with Crippen molar-refractivity contribution in [3.05, 3.63) is 72.6 Å². The Balaban J connectivity index is 1.75. The maximum absolute atomic E-state index is 13.5. The third-order valence-corrected chi connectivity index (χ3v) is 7.49. The molecule has 3 heterocycles. The number of fused-ring (bicyclic) bond motifs is 1. The van der Waals surface area contributed by atoms with Gasteiger partial charge in [0.25, 0.3) is 0 Å². The van der Waals surface area contributed by atoms with Gasteiger partial charge in [-0.2, -0.15) is 5.10 Å². The molecule has 7 heteroatoms. The van der Waals surface area contributed by atoms with E-state index in [1.54, 1.807) is 28.7 Å². The van der Waals surface area contributed by atoms with Gasteiger partial charge in [-0.05, 0) is 65.6 Å². The molecular formula is C24H26N4OS2. The number of hydrogen-bond acceptors (Lipinski definition) is 4. The number of aromatic nitrogens is 3. The van der Waals surface area contributed by atoms with Gasteiger partial charge in [0.2, 0.25) is 0 Å². The van der Waals surface area contributed by atoms with Crippen molar-refractivity contribution in [2.24, 2.45) is 0 Å². The topological polar surface area (TPSA) is 59.3 Å². The summed E-state index contributed by atoms with van der Waals surface area (Å²) in [5.74, 6) is 4.63. The number of hydrogen-bond donors (Lipinski definition) is 1. The molecule has 31 heavy (non-hydrogen) atoms. The van der Waals surface area contributed by atoms with Gasteiger partial charge in [0.15, 0.2) is 0 Å². The van der Waals surface area contributed by atoms with Gasteiger partial charge in [-0.15, -0.1) is 11.8 Å². The fourth-order valence-electron chi connectivity index (χ4n) is 3.36. The van der Waals surface area contributed by atoms with Gasteiger partial charge in [0.1, 0.15) is 5.82 Å². The minimum Gasteiger partial charge on any atom is -0.293 e. The number of nitrogens with zero attached hydrogens (tertiary/aromatic N) is 3. The van der Waals surface area contributed by atoms with E-state index in [4.69, 9.17) is 5.10 Å². The molecule has 1 atom stereocenters. The summed E-state index contributed by atoms with van der Waals surface area (Å²) in [7, 11) is -2.77. The Labute approximate surface area is 188 Å². The third kappa shape index (κ3) is 4.34. The van der Waals surface area contributed by atoms with Crippen molar-refractivity contribution in [3.8, 4) is 11.3 Å². The zero-order valence-corrected chi connectivity index (χ0v) is 19.8. The predicted octanol–water partition coefficient (Wildman–Crippen LogP) is 5.52. The first kappa shape index (κ1) is 21.5. The largest absolute Gasteiger partial charge is 0.293 e. The number of thioether (sulfide) groups is 1. The van der Waals surface area contributed by atoms with E-state index in [0.29, 0.717) is 10.7 Å². The van der Waals surface area contributed by atoms with E-state index in [1.165, 1.54) is 5.56 Å². The Kier molecular flexibility index (Phi) is 5.58. The number of anilines is 1. The van der Waals surface area contributed by atoms with Crippen molar-refractivity contribution in [2.45, 2.75) is 36.0 Å². The molecule has 1 N–H and O–H groups in total. The van der Waals surface area contributed by atoms with Crippen molar-refractivity contribution in [1.29, 1.82) is 0 Å². The molecule has 160 valence electrons. The van der Waals surface area contributed by atoms with Crippen LogP contribution in [0, 0.1) is 0 Å². The zero-order chi connectivity index (χ0) is 22.2. The van der Waals surface area contributed by atoms with Crippen molar-refractivity contribution < 1.29 is 4.21 Å². The number of pyridine rings is 2. The minimum atomic E-state index is -2.77. The SMILES string of the molecule is C=S(=O)(Nc1ccc(SC)c2cc(-c3cccnc3)nn12)c1ccc(C(C)(C)C)cc1. The Bertz CT molecular complexity index is 1320. The van der Waals surface area contributed by atoms with Crippen LogP contribution in [-0.4, -0.2) is 30.9 Å². The van der Waals surface area contributed by atoms with E-state index < -0.39 is 9.71 Å². The van der Waals surface area contributed by atoms with E-state index in [0.717, 1.165) is 21.7 Å². The molecule has 4 aromatic rings. The Morgan fingerprint density at radius 1 is 1.10 bits per heavy atom. The highest BCUT2D eigenvalue weighted by molar-refractivity contribution is 8.01. The summed E-state index contributed by atoms with van der Waals surface area (Å²) in [6.45, 7) is 6.47. The van der Waals surface area contributed by atoms with E-state index in [-0.39, 0.29) is 5.41 Å². The molecule has 0 amide bonds. The van der Waals surface area contributed by atoms with Crippen LogP contribution in [0.25, 0.3) is 16.8 Å². The average molecular weight is 451 g/mol. The first-order chi connectivity index (χ1) is 14.7. The number of benzene rings is 1. The second-order valence-corrected chi connectivity index (χ2v) is 11.3. The van der Waals surface area contributed by atoms with Crippen LogP contribution >= 0.6 is 11.8 Å². The van der Waals surface area contributed by atoms with Gasteiger partial charge < -0.3 is 0 Å². The van der Waals surface area contributed by atoms with Crippen LogP contribution in [0.5, 0.6) is 0 Å². The molecule has 5 nitrogen and oxygen atoms in total. The summed E-state index contributed by atoms with van der Waals surface area (Å²) in [6.07, 6.45) is 5.55. The van der Waals surface area contributed by atoms with Crippen LogP contribution in [0.4, 0.5) is 5.82 Å². The quantitative estimate of drug-likeness (QED) is 0.321. The van der Waals surface area contributed by atoms with Crippen LogP contribution in [0.2, 0.25) is 0 Å². The van der Waals surface area contributed by atoms with Crippen molar-refractivity contribution in [2.75, 3.05) is 11.0 Å². The molecule has 1 aromatic carbocycles. The second-order valence-electron chi connectivity index (χ2n) is 8.41. The van der Waals surface area contributed by atoms with Crippen LogP contribution in [0.3, 0.4) is 0 Å². The normalized spacial score (nSPS) is 13.8. The maximum Gasteiger partial charge on any atom is 0.139 e. The second kappa shape index (κ2) is 8.05. The van der Waals surface area contributed by atoms with E-state index in [9.17, 15) is 4.21 Å². The van der Waals surface area contributed by atoms with Crippen LogP contribution in [-0.2, 0) is 15.1 Å². The summed E-state index contributed by atoms with van der Waals surface area (Å²) in [5, 5.41) is 4.76. The van der Waals surface area contributed by atoms with E-state index >= 15 is 0 Å². The monoisotopic (exact) mass is 450 g/mol. The number of nitrogens with one attached hydrogen (secondary N) is 1. The molecule has 0 aliphatic heterocycles. The third-order valence-electron chi connectivity index (χ3n) is 5.13. The van der Waals surface area contributed by atoms with Crippen LogP contribution in [0.15, 0.2) is 76.8 Å². The molecule has 1 unspecified atom stereocenters. The Hall–Kier alpha value is -2.77. The molecule has 0 radical (unpaired) electrons. The lowest BCUT2D eigenvalue weighted by Gasteiger charge is -2.20. The Morgan fingerprint density at radius 3 is 2.45 bits per heavy atom. The van der Waals surface area contributed by atoms with Crippen molar-refractivity contribution in [3.63, 3.8) is 0 Å². The average Bonchev–Trinajstić information content (AvgIpc) is 3.20. The van der Waals surface area contributed by atoms with E-state index in [2.05, 4.69) is 36.3 Å². The van der Waals surface area contributed by atoms with Crippen LogP contribution in [0.1, 0.15) is 26.3 Å². The highest BCUT2D eigenvalue weighted by atomic mass is 32.2. The van der Waals surface area contributed by atoms with Crippen LogP contribution < -0.4 is 4.72 Å². The molecule has 0 saturated carbocycles. The summed E-state index contributed by atoms with van der Waals surface area (Å²) in [6, 6.07) is 17.6. The van der Waals surface area contributed by atoms with Crippen molar-refractivity contribution >= 4 is 38.7 Å². The standard InChI is InChI=1S/C24H26N4OS2/c1-24(2,3)18-8-10-19(11-9-18)31(5,29)27-23-13-12-22(30-4)21-15-20(26-28(21)23)17-7-6-14-25-16-17/h6-16H,5H2,1-4H3,(H,27,29). The van der Waals surface area contributed by atoms with Gasteiger partial charge in [-0.3, -0.25) is 9.71 Å². The molecule has 0 aliphatic rings. The first-order valence-electron chi connectivity index (χ1n) is 9.92. The van der Waals surface area contributed by atoms with Gasteiger partial charge in [0, 0.05) is 27.7 Å². The van der Waals surface area contributed by atoms with Crippen molar-refractivity contribution in [1.82, 2.24) is 14.6 Å². The molecule has 0 spiro atoms. The first-order valence-corrected chi connectivity index (χ1v) is 12.9. The van der Waals surface area contributed by atoms with Gasteiger partial charge in [-0.25, -0.2) is 8.72 Å². The summed E-state index contributed by atoms with van der Waals surface area (Å²) < 4.78 is 18.5. The lowest BCUT2D eigenvalue weighted by molar-refractivity contribution is 0.589. The molecule has 0 saturated heterocycles. The minimum absolute atomic E-state index is 0.0333. The summed E-state index contributed by atoms with van der Waals surface area (Å²) in [4.78, 5) is 5.93. The Morgan fingerprint density at radius 2 is 1.84 bits per heavy atom. The molecule has 0 bridgehead atoms.